The van der Waals surface area contributed by atoms with Crippen LogP contribution in [0.2, 0.25) is 0 Å². The highest BCUT2D eigenvalue weighted by atomic mass is 19.1. The number of esters is 1. The normalized spacial score (nSPS) is 19.7. The van der Waals surface area contributed by atoms with Gasteiger partial charge in [0.05, 0.1) is 12.2 Å². The lowest BCUT2D eigenvalue weighted by atomic mass is 9.87. The molecule has 9 heteroatoms. The number of nitrogens with zero attached hydrogens (tertiary/aromatic N) is 1. The molecule has 1 aliphatic heterocycles. The Kier molecular flexibility index (Phi) is 9.53. The smallest absolute Gasteiger partial charge is 0.347 e. The first-order valence-corrected chi connectivity index (χ1v) is 15.2. The van der Waals surface area contributed by atoms with Gasteiger partial charge in [-0.15, -0.1) is 0 Å². The van der Waals surface area contributed by atoms with E-state index in [4.69, 9.17) is 14.2 Å². The van der Waals surface area contributed by atoms with Crippen LogP contribution in [0.5, 0.6) is 11.5 Å². The van der Waals surface area contributed by atoms with E-state index in [0.29, 0.717) is 56.3 Å². The van der Waals surface area contributed by atoms with Gasteiger partial charge in [-0.1, -0.05) is 45.0 Å². The number of benzene rings is 3. The third-order valence-electron chi connectivity index (χ3n) is 8.29. The van der Waals surface area contributed by atoms with E-state index in [9.17, 15) is 18.4 Å². The molecule has 1 saturated heterocycles. The number of nitrogens with one attached hydrogen (secondary N) is 1. The van der Waals surface area contributed by atoms with Gasteiger partial charge >= 0.3 is 5.97 Å². The van der Waals surface area contributed by atoms with Gasteiger partial charge in [-0.2, -0.15) is 0 Å². The zero-order valence-electron chi connectivity index (χ0n) is 25.6. The summed E-state index contributed by atoms with van der Waals surface area (Å²) < 4.78 is 44.4. The van der Waals surface area contributed by atoms with Crippen molar-refractivity contribution in [3.63, 3.8) is 0 Å². The molecule has 1 N–H and O–H groups in total. The number of fused-ring (bicyclic) bond motifs is 1. The fourth-order valence-corrected chi connectivity index (χ4v) is 5.76. The molecule has 1 saturated carbocycles. The van der Waals surface area contributed by atoms with Crippen LogP contribution in [-0.2, 0) is 21.4 Å². The molecule has 7 nitrogen and oxygen atoms in total. The van der Waals surface area contributed by atoms with Crippen molar-refractivity contribution in [2.75, 3.05) is 32.8 Å². The van der Waals surface area contributed by atoms with Crippen molar-refractivity contribution in [1.29, 1.82) is 0 Å². The molecule has 44 heavy (non-hydrogen) atoms. The summed E-state index contributed by atoms with van der Waals surface area (Å²) in [6, 6.07) is 18.7. The van der Waals surface area contributed by atoms with Gasteiger partial charge in [0.1, 0.15) is 29.7 Å². The molecular formula is C35H40F2N2O5. The van der Waals surface area contributed by atoms with Gasteiger partial charge in [0.2, 0.25) is 0 Å². The van der Waals surface area contributed by atoms with Crippen LogP contribution in [0.15, 0.2) is 66.7 Å². The zero-order valence-corrected chi connectivity index (χ0v) is 25.6. The Morgan fingerprint density at radius 1 is 0.955 bits per heavy atom. The average molecular weight is 607 g/mol. The van der Waals surface area contributed by atoms with Crippen LogP contribution >= 0.6 is 0 Å². The summed E-state index contributed by atoms with van der Waals surface area (Å²) in [6.45, 7) is 10.7. The van der Waals surface area contributed by atoms with Gasteiger partial charge in [0.25, 0.3) is 5.91 Å². The van der Waals surface area contributed by atoms with Crippen molar-refractivity contribution in [2.45, 2.75) is 51.7 Å². The number of piperidine rings is 1. The minimum absolute atomic E-state index is 0.0232. The van der Waals surface area contributed by atoms with E-state index in [0.717, 1.165) is 23.4 Å². The number of carbonyl (C=O) groups is 2. The molecular weight excluding hydrogens is 566 g/mol. The Labute approximate surface area is 257 Å². The van der Waals surface area contributed by atoms with E-state index >= 15 is 0 Å². The van der Waals surface area contributed by atoms with Crippen LogP contribution in [0.1, 0.15) is 49.2 Å². The summed E-state index contributed by atoms with van der Waals surface area (Å²) in [6.07, 6.45) is -0.412. The van der Waals surface area contributed by atoms with Crippen LogP contribution in [0.3, 0.4) is 0 Å². The lowest BCUT2D eigenvalue weighted by molar-refractivity contribution is -0.151. The molecule has 3 aromatic carbocycles. The van der Waals surface area contributed by atoms with Gasteiger partial charge < -0.3 is 24.4 Å². The molecule has 0 spiro atoms. The lowest BCUT2D eigenvalue weighted by Crippen LogP contribution is -2.36. The quantitative estimate of drug-likeness (QED) is 0.215. The summed E-state index contributed by atoms with van der Waals surface area (Å²) in [5.74, 6) is -0.337. The van der Waals surface area contributed by atoms with Crippen molar-refractivity contribution in [1.82, 2.24) is 10.2 Å². The fraction of sp³-hybridized carbons (Fsp3) is 0.429. The van der Waals surface area contributed by atoms with Crippen LogP contribution in [0.4, 0.5) is 8.78 Å². The zero-order chi connectivity index (χ0) is 31.4. The van der Waals surface area contributed by atoms with Gasteiger partial charge in [-0.05, 0) is 71.7 Å². The highest BCUT2D eigenvalue weighted by Crippen LogP contribution is 2.45. The molecule has 1 amide bonds. The number of carbonyl (C=O) groups excluding carboxylic acids is 2. The Balaban J connectivity index is 1.05. The first-order valence-electron chi connectivity index (χ1n) is 15.2. The maximum absolute atomic E-state index is 14.0. The largest absolute Gasteiger partial charge is 0.492 e. The number of hydrogen-bond acceptors (Lipinski definition) is 6. The van der Waals surface area contributed by atoms with E-state index in [1.54, 1.807) is 11.8 Å². The predicted molar refractivity (Wildman–Crippen MR) is 163 cm³/mol. The number of hydrogen-bond donors (Lipinski definition) is 1. The van der Waals surface area contributed by atoms with E-state index < -0.39 is 29.6 Å². The number of amides is 1. The van der Waals surface area contributed by atoms with Crippen molar-refractivity contribution in [3.05, 3.63) is 95.1 Å². The molecule has 2 unspecified atom stereocenters. The molecule has 1 aliphatic carbocycles. The van der Waals surface area contributed by atoms with Crippen molar-refractivity contribution in [2.24, 2.45) is 11.8 Å². The Morgan fingerprint density at radius 2 is 1.61 bits per heavy atom. The number of ether oxygens (including phenoxy) is 3. The summed E-state index contributed by atoms with van der Waals surface area (Å²) in [4.78, 5) is 26.9. The number of halogens is 2. The Bertz CT molecular complexity index is 1440. The monoisotopic (exact) mass is 606 g/mol. The maximum atomic E-state index is 14.0. The maximum Gasteiger partial charge on any atom is 0.347 e. The standard InChI is InChI=1S/C35H40F2N2O5/c1-5-42-34(41)31(44-26-13-8-23(9-14-26)35(2,3)4)18-22-6-11-25(12-7-22)43-17-16-38-32-28-20-39(21-29(28)32)33(40)27-15-10-24(36)19-30(27)37/h6-15,19,28-29,31-32,38H,5,16-18,20-21H2,1-4H3/t28-,29?,31-,32?/m0/s1. The van der Waals surface area contributed by atoms with E-state index in [1.165, 1.54) is 11.6 Å². The number of likely N-dealkylation sites (tertiary alicyclic amines) is 1. The van der Waals surface area contributed by atoms with Gasteiger partial charge in [-0.25, -0.2) is 13.6 Å². The van der Waals surface area contributed by atoms with Crippen molar-refractivity contribution < 1.29 is 32.6 Å². The third-order valence-corrected chi connectivity index (χ3v) is 8.29. The SMILES string of the molecule is CCOC(=O)[C@H](Cc1ccc(OCCNC2C3CN(C(=O)c4ccc(F)cc4F)C[C@@H]32)cc1)Oc1ccc(C(C)(C)C)cc1. The molecule has 0 radical (unpaired) electrons. The van der Waals surface area contributed by atoms with E-state index in [1.807, 2.05) is 48.5 Å². The van der Waals surface area contributed by atoms with Gasteiger partial charge in [0, 0.05) is 38.2 Å². The second-order valence-corrected chi connectivity index (χ2v) is 12.5. The Hall–Kier alpha value is -3.98. The second-order valence-electron chi connectivity index (χ2n) is 12.5. The molecule has 2 aliphatic rings. The lowest BCUT2D eigenvalue weighted by Gasteiger charge is -2.21. The molecule has 1 heterocycles. The van der Waals surface area contributed by atoms with Crippen LogP contribution < -0.4 is 14.8 Å². The first kappa shape index (κ1) is 31.4. The molecule has 2 fully saturated rings. The van der Waals surface area contributed by atoms with E-state index in [2.05, 4.69) is 26.1 Å². The summed E-state index contributed by atoms with van der Waals surface area (Å²) >= 11 is 0. The highest BCUT2D eigenvalue weighted by molar-refractivity contribution is 5.94. The first-order chi connectivity index (χ1) is 21.0. The van der Waals surface area contributed by atoms with Crippen LogP contribution in [-0.4, -0.2) is 61.8 Å². The summed E-state index contributed by atoms with van der Waals surface area (Å²) in [5.41, 5.74) is 2.04. The molecule has 0 bridgehead atoms. The number of rotatable bonds is 12. The van der Waals surface area contributed by atoms with E-state index in [-0.39, 0.29) is 17.6 Å². The predicted octanol–water partition coefficient (Wildman–Crippen LogP) is 5.55. The fourth-order valence-electron chi connectivity index (χ4n) is 5.76. The molecule has 0 aromatic heterocycles. The minimum atomic E-state index is -0.829. The van der Waals surface area contributed by atoms with Crippen LogP contribution in [0, 0.1) is 23.5 Å². The molecule has 234 valence electrons. The summed E-state index contributed by atoms with van der Waals surface area (Å²) in [5, 5.41) is 3.49. The van der Waals surface area contributed by atoms with Crippen molar-refractivity contribution >= 4 is 11.9 Å². The van der Waals surface area contributed by atoms with Crippen molar-refractivity contribution in [3.8, 4) is 11.5 Å². The Morgan fingerprint density at radius 3 is 2.23 bits per heavy atom. The average Bonchev–Trinajstić information content (AvgIpc) is 3.42. The highest BCUT2D eigenvalue weighted by Gasteiger charge is 2.56. The minimum Gasteiger partial charge on any atom is -0.492 e. The topological polar surface area (TPSA) is 77.1 Å². The molecule has 4 atom stereocenters. The van der Waals surface area contributed by atoms with Gasteiger partial charge in [0.15, 0.2) is 6.10 Å². The van der Waals surface area contributed by atoms with Gasteiger partial charge in [-0.3, -0.25) is 4.79 Å². The molecule has 5 rings (SSSR count). The second kappa shape index (κ2) is 13.3. The summed E-state index contributed by atoms with van der Waals surface area (Å²) in [7, 11) is 0. The third kappa shape index (κ3) is 7.56. The van der Waals surface area contributed by atoms with Crippen LogP contribution in [0.25, 0.3) is 0 Å². The molecule has 3 aromatic rings.